The van der Waals surface area contributed by atoms with E-state index in [1.165, 1.54) is 37.4 Å². The van der Waals surface area contributed by atoms with Crippen LogP contribution >= 0.6 is 31.9 Å². The zero-order valence-electron chi connectivity index (χ0n) is 19.0. The SMILES string of the molecule is COc1ccc(C(=O)CN(C(=O)c2cccc([N+](=O)[O-])c2)N2C(=O)[C@H]3C[C@H](Br)[C@@H](Br)C[C@H]3C2=O)cc1. The van der Waals surface area contributed by atoms with Crippen LogP contribution in [0.1, 0.15) is 33.6 Å². The predicted molar refractivity (Wildman–Crippen MR) is 135 cm³/mol. The highest BCUT2D eigenvalue weighted by Gasteiger charge is 2.54. The number of ketones is 1. The first kappa shape index (κ1) is 26.0. The summed E-state index contributed by atoms with van der Waals surface area (Å²) in [5.41, 5.74) is -0.219. The largest absolute Gasteiger partial charge is 0.497 e. The monoisotopic (exact) mass is 621 g/mol. The average Bonchev–Trinajstić information content (AvgIpc) is 3.11. The Hall–Kier alpha value is -3.12. The molecule has 1 aliphatic carbocycles. The molecule has 2 aromatic rings. The maximum absolute atomic E-state index is 13.6. The summed E-state index contributed by atoms with van der Waals surface area (Å²) >= 11 is 7.05. The summed E-state index contributed by atoms with van der Waals surface area (Å²) in [6.45, 7) is -0.611. The Morgan fingerprint density at radius 2 is 1.61 bits per heavy atom. The molecule has 1 saturated carbocycles. The number of carbonyl (C=O) groups is 4. The third-order valence-corrected chi connectivity index (χ3v) is 9.11. The number of hydrogen-bond acceptors (Lipinski definition) is 7. The molecule has 0 unspecified atom stereocenters. The first-order chi connectivity index (χ1) is 17.1. The number of rotatable bonds is 7. The number of hydrazine groups is 1. The van der Waals surface area contributed by atoms with E-state index >= 15 is 0 Å². The lowest BCUT2D eigenvalue weighted by atomic mass is 9.81. The molecule has 1 aliphatic heterocycles. The van der Waals surface area contributed by atoms with Gasteiger partial charge in [0.05, 0.1) is 23.9 Å². The van der Waals surface area contributed by atoms with Crippen LogP contribution in [-0.2, 0) is 9.59 Å². The van der Waals surface area contributed by atoms with E-state index in [2.05, 4.69) is 31.9 Å². The minimum atomic E-state index is -0.869. The van der Waals surface area contributed by atoms with Crippen LogP contribution in [0.25, 0.3) is 0 Å². The standard InChI is InChI=1S/C24H21Br2N3O7/c1-36-16-7-5-13(6-8-16)21(30)12-27(22(31)14-3-2-4-15(9-14)29(34)35)28-23(32)17-10-19(25)20(26)11-18(17)24(28)33/h2-9,17-20H,10-12H2,1H3/t17-,18+,19-,20-/m0/s1. The number of non-ortho nitro benzene ring substituents is 1. The molecule has 4 rings (SSSR count). The molecule has 3 amide bonds. The van der Waals surface area contributed by atoms with Gasteiger partial charge in [-0.3, -0.25) is 29.3 Å². The Bertz CT molecular complexity index is 1210. The number of imide groups is 1. The van der Waals surface area contributed by atoms with Crippen molar-refractivity contribution in [2.75, 3.05) is 13.7 Å². The van der Waals surface area contributed by atoms with Crippen LogP contribution < -0.4 is 4.74 Å². The summed E-state index contributed by atoms with van der Waals surface area (Å²) in [7, 11) is 1.48. The number of fused-ring (bicyclic) bond motifs is 1. The smallest absolute Gasteiger partial charge is 0.273 e. The third-order valence-electron chi connectivity index (χ3n) is 6.37. The Balaban J connectivity index is 1.71. The first-order valence-corrected chi connectivity index (χ1v) is 12.8. The van der Waals surface area contributed by atoms with Crippen molar-refractivity contribution < 1.29 is 28.8 Å². The fourth-order valence-electron chi connectivity index (χ4n) is 4.45. The van der Waals surface area contributed by atoms with Gasteiger partial charge < -0.3 is 4.74 Å². The molecule has 1 heterocycles. The van der Waals surface area contributed by atoms with Crippen molar-refractivity contribution in [3.05, 3.63) is 69.8 Å². The minimum absolute atomic E-state index is 0.0442. The van der Waals surface area contributed by atoms with Crippen molar-refractivity contribution in [1.29, 1.82) is 0 Å². The van der Waals surface area contributed by atoms with Crippen LogP contribution in [0.2, 0.25) is 0 Å². The normalized spacial score (nSPS) is 23.2. The summed E-state index contributed by atoms with van der Waals surface area (Å²) < 4.78 is 5.10. The van der Waals surface area contributed by atoms with E-state index in [-0.39, 0.29) is 26.5 Å². The summed E-state index contributed by atoms with van der Waals surface area (Å²) in [4.78, 5) is 64.0. The van der Waals surface area contributed by atoms with Crippen molar-refractivity contribution >= 4 is 61.1 Å². The third kappa shape index (κ3) is 4.92. The van der Waals surface area contributed by atoms with E-state index < -0.39 is 46.8 Å². The molecular formula is C24H21Br2N3O7. The number of alkyl halides is 2. The lowest BCUT2D eigenvalue weighted by Gasteiger charge is -2.30. The average molecular weight is 623 g/mol. The van der Waals surface area contributed by atoms with Crippen molar-refractivity contribution in [2.45, 2.75) is 22.5 Å². The number of Topliss-reactive ketones (excluding diaryl/α,β-unsaturated/α-hetero) is 1. The van der Waals surface area contributed by atoms with Gasteiger partial charge in [0.15, 0.2) is 5.78 Å². The highest BCUT2D eigenvalue weighted by molar-refractivity contribution is 9.12. The van der Waals surface area contributed by atoms with Crippen molar-refractivity contribution in [2.24, 2.45) is 11.8 Å². The number of nitro benzene ring substituents is 1. The number of nitrogens with zero attached hydrogens (tertiary/aromatic N) is 3. The van der Waals surface area contributed by atoms with Crippen LogP contribution in [0.4, 0.5) is 5.69 Å². The Morgan fingerprint density at radius 3 is 2.14 bits per heavy atom. The fraction of sp³-hybridized carbons (Fsp3) is 0.333. The molecule has 2 fully saturated rings. The topological polar surface area (TPSA) is 127 Å². The van der Waals surface area contributed by atoms with E-state index in [0.717, 1.165) is 16.1 Å². The molecule has 2 aromatic carbocycles. The number of nitro groups is 1. The maximum Gasteiger partial charge on any atom is 0.273 e. The summed E-state index contributed by atoms with van der Waals surface area (Å²) in [5, 5.41) is 12.8. The van der Waals surface area contributed by atoms with Gasteiger partial charge >= 0.3 is 0 Å². The van der Waals surface area contributed by atoms with Gasteiger partial charge in [-0.2, -0.15) is 5.01 Å². The molecule has 0 aromatic heterocycles. The second-order valence-corrected chi connectivity index (χ2v) is 10.9. The quantitative estimate of drug-likeness (QED) is 0.151. The van der Waals surface area contributed by atoms with E-state index in [9.17, 15) is 29.3 Å². The number of methoxy groups -OCH3 is 1. The molecule has 0 bridgehead atoms. The molecule has 36 heavy (non-hydrogen) atoms. The molecule has 0 radical (unpaired) electrons. The van der Waals surface area contributed by atoms with Gasteiger partial charge in [0.25, 0.3) is 23.4 Å². The van der Waals surface area contributed by atoms with Gasteiger partial charge in [-0.25, -0.2) is 5.01 Å². The highest BCUT2D eigenvalue weighted by Crippen LogP contribution is 2.43. The second kappa shape index (κ2) is 10.5. The number of amides is 3. The van der Waals surface area contributed by atoms with E-state index in [0.29, 0.717) is 18.6 Å². The van der Waals surface area contributed by atoms with Gasteiger partial charge in [0.2, 0.25) is 0 Å². The van der Waals surface area contributed by atoms with Crippen LogP contribution in [0.3, 0.4) is 0 Å². The van der Waals surface area contributed by atoms with Gasteiger partial charge in [-0.1, -0.05) is 37.9 Å². The van der Waals surface area contributed by atoms with Gasteiger partial charge in [-0.15, -0.1) is 0 Å². The summed E-state index contributed by atoms with van der Waals surface area (Å²) in [5.74, 6) is -3.31. The molecule has 12 heteroatoms. The van der Waals surface area contributed by atoms with Crippen LogP contribution in [0.5, 0.6) is 5.75 Å². The lowest BCUT2D eigenvalue weighted by molar-refractivity contribution is -0.384. The molecule has 4 atom stereocenters. The number of benzene rings is 2. The first-order valence-electron chi connectivity index (χ1n) is 11.0. The van der Waals surface area contributed by atoms with E-state index in [1.54, 1.807) is 12.1 Å². The summed E-state index contributed by atoms with van der Waals surface area (Å²) in [6, 6.07) is 11.1. The van der Waals surface area contributed by atoms with Crippen molar-refractivity contribution in [3.8, 4) is 5.75 Å². The Labute approximate surface area is 222 Å². The Kier molecular flexibility index (Phi) is 7.55. The summed E-state index contributed by atoms with van der Waals surface area (Å²) in [6.07, 6.45) is 0.764. The number of halogens is 2. The minimum Gasteiger partial charge on any atom is -0.497 e. The number of carbonyl (C=O) groups excluding carboxylic acids is 4. The van der Waals surface area contributed by atoms with Gasteiger partial charge in [0.1, 0.15) is 12.3 Å². The molecule has 10 nitrogen and oxygen atoms in total. The fourth-order valence-corrected chi connectivity index (χ4v) is 5.69. The van der Waals surface area contributed by atoms with Crippen LogP contribution in [0.15, 0.2) is 48.5 Å². The molecule has 2 aliphatic rings. The van der Waals surface area contributed by atoms with Crippen LogP contribution in [-0.4, -0.2) is 61.8 Å². The second-order valence-electron chi connectivity index (χ2n) is 8.53. The molecule has 0 N–H and O–H groups in total. The zero-order valence-corrected chi connectivity index (χ0v) is 22.2. The lowest BCUT2D eigenvalue weighted by Crippen LogP contribution is -2.52. The van der Waals surface area contributed by atoms with Gasteiger partial charge in [0, 0.05) is 32.9 Å². The van der Waals surface area contributed by atoms with Crippen molar-refractivity contribution in [3.63, 3.8) is 0 Å². The van der Waals surface area contributed by atoms with E-state index in [4.69, 9.17) is 4.74 Å². The van der Waals surface area contributed by atoms with Crippen LogP contribution in [0, 0.1) is 22.0 Å². The molecule has 1 saturated heterocycles. The Morgan fingerprint density at radius 1 is 1.03 bits per heavy atom. The highest BCUT2D eigenvalue weighted by atomic mass is 79.9. The zero-order chi connectivity index (χ0) is 26.1. The maximum atomic E-state index is 13.6. The number of ether oxygens (including phenoxy) is 1. The van der Waals surface area contributed by atoms with Crippen molar-refractivity contribution in [1.82, 2.24) is 10.0 Å². The number of hydrogen-bond donors (Lipinski definition) is 0. The molecule has 0 spiro atoms. The molecular weight excluding hydrogens is 602 g/mol. The van der Waals surface area contributed by atoms with E-state index in [1.807, 2.05) is 0 Å². The predicted octanol–water partition coefficient (Wildman–Crippen LogP) is 3.77. The molecule has 188 valence electrons. The van der Waals surface area contributed by atoms with Gasteiger partial charge in [-0.05, 0) is 43.2 Å².